The number of aromatic amines is 2. The topological polar surface area (TPSA) is 126 Å². The van der Waals surface area contributed by atoms with Crippen molar-refractivity contribution in [3.8, 4) is 28.5 Å². The highest BCUT2D eigenvalue weighted by Gasteiger charge is 2.29. The van der Waals surface area contributed by atoms with Crippen LogP contribution in [0.4, 0.5) is 8.78 Å². The fourth-order valence-electron chi connectivity index (χ4n) is 5.46. The Hall–Kier alpha value is -5.23. The van der Waals surface area contributed by atoms with Crippen LogP contribution < -0.4 is 15.9 Å². The second kappa shape index (κ2) is 14.5. The van der Waals surface area contributed by atoms with E-state index in [4.69, 9.17) is 16.3 Å². The molecule has 1 saturated heterocycles. The van der Waals surface area contributed by atoms with E-state index in [2.05, 4.69) is 29.8 Å². The number of imidazole rings is 2. The van der Waals surface area contributed by atoms with Crippen molar-refractivity contribution in [2.24, 2.45) is 0 Å². The van der Waals surface area contributed by atoms with Crippen molar-refractivity contribution < 1.29 is 13.5 Å². The summed E-state index contributed by atoms with van der Waals surface area (Å²) in [7, 11) is 0. The van der Waals surface area contributed by atoms with Crippen LogP contribution in [0.1, 0.15) is 11.4 Å². The predicted octanol–water partition coefficient (Wildman–Crippen LogP) is 5.11. The molecule has 15 heteroatoms. The van der Waals surface area contributed by atoms with E-state index < -0.39 is 0 Å². The third-order valence-electron chi connectivity index (χ3n) is 7.80. The van der Waals surface area contributed by atoms with Gasteiger partial charge in [0.1, 0.15) is 46.2 Å². The molecule has 0 bridgehead atoms. The molecule has 8 rings (SSSR count). The normalized spacial score (nSPS) is 13.0. The molecule has 1 aliphatic rings. The van der Waals surface area contributed by atoms with Gasteiger partial charge < -0.3 is 14.7 Å². The molecule has 5 aromatic heterocycles. The molecular formula is C34H30ClF2N8O3P. The first kappa shape index (κ1) is 33.7. The Morgan fingerprint density at radius 2 is 1.24 bits per heavy atom. The maximum absolute atomic E-state index is 13.2. The number of hydrogen-bond donors (Lipinski definition) is 2. The summed E-state index contributed by atoms with van der Waals surface area (Å²) in [4.78, 5) is 44.6. The van der Waals surface area contributed by atoms with Crippen molar-refractivity contribution in [3.05, 3.63) is 142 Å². The first-order chi connectivity index (χ1) is 23.3. The molecule has 0 spiro atoms. The van der Waals surface area contributed by atoms with Crippen LogP contribution in [0.15, 0.2) is 107 Å². The largest absolute Gasteiger partial charge is 0.488 e. The summed E-state index contributed by atoms with van der Waals surface area (Å²) in [5.41, 5.74) is 3.29. The minimum Gasteiger partial charge on any atom is -0.488 e. The van der Waals surface area contributed by atoms with Crippen LogP contribution in [0, 0.1) is 11.6 Å². The molecule has 0 aliphatic carbocycles. The van der Waals surface area contributed by atoms with Crippen molar-refractivity contribution >= 4 is 32.5 Å². The van der Waals surface area contributed by atoms with E-state index in [0.717, 1.165) is 35.7 Å². The zero-order chi connectivity index (χ0) is 33.2. The van der Waals surface area contributed by atoms with Crippen LogP contribution in [0.25, 0.3) is 33.8 Å². The number of halogens is 3. The number of nitrogens with zero attached hydrogens (tertiary/aromatic N) is 6. The molecule has 1 aliphatic heterocycles. The van der Waals surface area contributed by atoms with Crippen LogP contribution in [-0.2, 0) is 12.4 Å². The van der Waals surface area contributed by atoms with Gasteiger partial charge in [0.2, 0.25) is 0 Å². The van der Waals surface area contributed by atoms with Gasteiger partial charge >= 0.3 is 0 Å². The predicted molar refractivity (Wildman–Crippen MR) is 187 cm³/mol. The van der Waals surface area contributed by atoms with Gasteiger partial charge in [-0.15, -0.1) is 11.6 Å². The number of benzene rings is 2. The number of fused-ring (bicyclic) bond motifs is 2. The van der Waals surface area contributed by atoms with Gasteiger partial charge in [-0.25, -0.2) is 18.7 Å². The van der Waals surface area contributed by atoms with Crippen LogP contribution in [-0.4, -0.2) is 57.8 Å². The SMILES string of the molecule is O=c1[nH]c(CCl)cn2c(-c3ccc(F)cc3)ncc12.O=c1[nH]c(CN2CC(Oc3ccncc3)C2)cn2c(-c3ccc(F)cc3)ncc12.P. The monoisotopic (exact) mass is 702 g/mol. The highest BCUT2D eigenvalue weighted by Crippen LogP contribution is 2.22. The number of hydrogen-bond acceptors (Lipinski definition) is 7. The lowest BCUT2D eigenvalue weighted by molar-refractivity contribution is 0.0137. The van der Waals surface area contributed by atoms with E-state index in [0.29, 0.717) is 34.9 Å². The maximum atomic E-state index is 13.2. The lowest BCUT2D eigenvalue weighted by atomic mass is 10.1. The molecule has 1 atom stereocenters. The molecule has 7 aromatic rings. The van der Waals surface area contributed by atoms with Crippen molar-refractivity contribution in [3.63, 3.8) is 0 Å². The molecular weight excluding hydrogens is 673 g/mol. The third kappa shape index (κ3) is 7.29. The maximum Gasteiger partial charge on any atom is 0.274 e. The number of rotatable bonds is 7. The van der Waals surface area contributed by atoms with E-state index in [1.165, 1.54) is 36.7 Å². The zero-order valence-corrected chi connectivity index (χ0v) is 28.1. The summed E-state index contributed by atoms with van der Waals surface area (Å²) in [6, 6.07) is 15.7. The highest BCUT2D eigenvalue weighted by molar-refractivity contribution is 6.92. The van der Waals surface area contributed by atoms with Gasteiger partial charge in [-0.1, -0.05) is 0 Å². The molecule has 1 unspecified atom stereocenters. The Bertz CT molecular complexity index is 2320. The average Bonchev–Trinajstić information content (AvgIpc) is 3.71. The van der Waals surface area contributed by atoms with E-state index in [1.807, 2.05) is 18.3 Å². The third-order valence-corrected chi connectivity index (χ3v) is 8.08. The Kier molecular flexibility index (Phi) is 9.95. The Balaban J connectivity index is 0.000000181. The molecule has 0 amide bonds. The van der Waals surface area contributed by atoms with Gasteiger partial charge in [0, 0.05) is 66.9 Å². The molecule has 250 valence electrons. The van der Waals surface area contributed by atoms with Gasteiger partial charge in [0.05, 0.1) is 18.3 Å². The molecule has 0 radical (unpaired) electrons. The fourth-order valence-corrected chi connectivity index (χ4v) is 5.60. The minimum atomic E-state index is -0.316. The molecule has 2 aromatic carbocycles. The summed E-state index contributed by atoms with van der Waals surface area (Å²) in [5, 5.41) is 0. The van der Waals surface area contributed by atoms with Gasteiger partial charge in [0.15, 0.2) is 0 Å². The minimum absolute atomic E-state index is 0. The number of aromatic nitrogens is 7. The Morgan fingerprint density at radius 3 is 1.76 bits per heavy atom. The van der Waals surface area contributed by atoms with E-state index in [-0.39, 0.29) is 44.6 Å². The van der Waals surface area contributed by atoms with E-state index in [1.54, 1.807) is 51.7 Å². The van der Waals surface area contributed by atoms with Crippen LogP contribution in [0.5, 0.6) is 5.75 Å². The second-order valence-corrected chi connectivity index (χ2v) is 11.4. The summed E-state index contributed by atoms with van der Waals surface area (Å²) in [5.74, 6) is 1.56. The highest BCUT2D eigenvalue weighted by atomic mass is 35.5. The van der Waals surface area contributed by atoms with E-state index in [9.17, 15) is 18.4 Å². The van der Waals surface area contributed by atoms with Gasteiger partial charge in [0.25, 0.3) is 11.1 Å². The number of H-pyrrole nitrogens is 2. The summed E-state index contributed by atoms with van der Waals surface area (Å²) < 4.78 is 35.5. The van der Waals surface area contributed by atoms with Crippen molar-refractivity contribution in [1.82, 2.24) is 38.6 Å². The van der Waals surface area contributed by atoms with Gasteiger partial charge in [-0.2, -0.15) is 9.90 Å². The number of likely N-dealkylation sites (tertiary alicyclic amines) is 1. The smallest absolute Gasteiger partial charge is 0.274 e. The average molecular weight is 703 g/mol. The number of alkyl halides is 1. The second-order valence-electron chi connectivity index (χ2n) is 11.2. The lowest BCUT2D eigenvalue weighted by Crippen LogP contribution is -2.53. The number of pyridine rings is 1. The zero-order valence-electron chi connectivity index (χ0n) is 25.9. The van der Waals surface area contributed by atoms with Crippen molar-refractivity contribution in [1.29, 1.82) is 0 Å². The van der Waals surface area contributed by atoms with Crippen molar-refractivity contribution in [2.45, 2.75) is 18.5 Å². The number of nitrogens with one attached hydrogen (secondary N) is 2. The molecule has 0 saturated carbocycles. The summed E-state index contributed by atoms with van der Waals surface area (Å²) in [6.45, 7) is 2.15. The Labute approximate surface area is 285 Å². The first-order valence-electron chi connectivity index (χ1n) is 14.9. The Morgan fingerprint density at radius 1 is 0.755 bits per heavy atom. The molecule has 49 heavy (non-hydrogen) atoms. The standard InChI is InChI=1S/C21H18FN5O2.C13H9ClFN3O.H3P/c22-15-3-1-14(2-4-15)20-24-9-19-21(28)25-16(11-27(19)20)10-26-12-18(13-26)29-17-5-7-23-8-6-17;14-5-10-7-18-11(13(19)17-10)6-16-12(18)8-1-3-9(15)4-2-8;/h1-9,11,18H,10,12-13H2,(H,25,28);1-4,6-7H,5H2,(H,17,19);1H3. The molecule has 1 fully saturated rings. The fraction of sp³-hybridized carbons (Fsp3) is 0.147. The van der Waals surface area contributed by atoms with Crippen LogP contribution in [0.2, 0.25) is 0 Å². The summed E-state index contributed by atoms with van der Waals surface area (Å²) >= 11 is 5.73. The van der Waals surface area contributed by atoms with Crippen LogP contribution >= 0.6 is 21.5 Å². The molecule has 11 nitrogen and oxygen atoms in total. The molecule has 6 heterocycles. The first-order valence-corrected chi connectivity index (χ1v) is 15.4. The van der Waals surface area contributed by atoms with Crippen LogP contribution in [0.3, 0.4) is 0 Å². The molecule has 2 N–H and O–H groups in total. The summed E-state index contributed by atoms with van der Waals surface area (Å²) in [6.07, 6.45) is 10.1. The van der Waals surface area contributed by atoms with Gasteiger partial charge in [-0.3, -0.25) is 28.3 Å². The van der Waals surface area contributed by atoms with E-state index >= 15 is 0 Å². The number of ether oxygens (including phenoxy) is 1. The van der Waals surface area contributed by atoms with Crippen molar-refractivity contribution in [2.75, 3.05) is 13.1 Å². The quantitative estimate of drug-likeness (QED) is 0.175. The van der Waals surface area contributed by atoms with Gasteiger partial charge in [-0.05, 0) is 60.7 Å². The lowest BCUT2D eigenvalue weighted by Gasteiger charge is -2.38.